The van der Waals surface area contributed by atoms with Gasteiger partial charge in [-0.05, 0) is 25.5 Å². The highest BCUT2D eigenvalue weighted by Crippen LogP contribution is 2.28. The Kier molecular flexibility index (Phi) is 5.45. The Morgan fingerprint density at radius 1 is 1.25 bits per heavy atom. The number of nitrogens with one attached hydrogen (secondary N) is 2. The summed E-state index contributed by atoms with van der Waals surface area (Å²) in [5, 5.41) is 2.27. The second kappa shape index (κ2) is 7.80. The second-order valence-corrected chi connectivity index (χ2v) is 7.70. The van der Waals surface area contributed by atoms with Crippen LogP contribution in [0, 0.1) is 6.92 Å². The monoisotopic (exact) mass is 405 g/mol. The Morgan fingerprint density at radius 2 is 2.00 bits per heavy atom. The number of urea groups is 1. The second-order valence-electron chi connectivity index (χ2n) is 6.05. The first-order valence-electron chi connectivity index (χ1n) is 8.43. The molecule has 2 heterocycles. The molecule has 3 amide bonds. The number of amides is 3. The van der Waals surface area contributed by atoms with Gasteiger partial charge in [0.25, 0.3) is 10.0 Å². The van der Waals surface area contributed by atoms with E-state index in [4.69, 9.17) is 4.74 Å². The summed E-state index contributed by atoms with van der Waals surface area (Å²) < 4.78 is 32.4. The molecule has 0 saturated carbocycles. The molecule has 3 rings (SSSR count). The van der Waals surface area contributed by atoms with Gasteiger partial charge in [-0.1, -0.05) is 12.1 Å². The Morgan fingerprint density at radius 3 is 2.68 bits per heavy atom. The molecular formula is C17H19N5O5S. The summed E-state index contributed by atoms with van der Waals surface area (Å²) in [5.74, 6) is -0.0385. The van der Waals surface area contributed by atoms with Crippen LogP contribution >= 0.6 is 0 Å². The summed E-state index contributed by atoms with van der Waals surface area (Å²) in [6, 6.07) is 6.55. The summed E-state index contributed by atoms with van der Waals surface area (Å²) in [5.41, 5.74) is 0.765. The summed E-state index contributed by atoms with van der Waals surface area (Å²) in [6.45, 7) is 2.10. The first-order valence-corrected chi connectivity index (χ1v) is 9.91. The molecule has 1 aromatic heterocycles. The van der Waals surface area contributed by atoms with Crippen LogP contribution in [0.25, 0.3) is 0 Å². The van der Waals surface area contributed by atoms with Crippen LogP contribution in [0.3, 0.4) is 0 Å². The van der Waals surface area contributed by atoms with E-state index < -0.39 is 16.1 Å². The zero-order valence-electron chi connectivity index (χ0n) is 15.3. The zero-order valence-corrected chi connectivity index (χ0v) is 16.1. The summed E-state index contributed by atoms with van der Waals surface area (Å²) >= 11 is 0. The van der Waals surface area contributed by atoms with Crippen LogP contribution in [0.1, 0.15) is 18.5 Å². The van der Waals surface area contributed by atoms with Crippen molar-refractivity contribution in [2.45, 2.75) is 24.7 Å². The van der Waals surface area contributed by atoms with Gasteiger partial charge in [-0.15, -0.1) is 0 Å². The molecule has 0 bridgehead atoms. The Hall–Kier alpha value is -3.21. The number of rotatable bonds is 5. The number of para-hydroxylation sites is 1. The van der Waals surface area contributed by atoms with Crippen molar-refractivity contribution in [1.82, 2.24) is 14.7 Å². The van der Waals surface area contributed by atoms with Crippen LogP contribution in [0.2, 0.25) is 0 Å². The number of hydrogen-bond acceptors (Lipinski definition) is 7. The molecule has 1 fully saturated rings. The lowest BCUT2D eigenvalue weighted by atomic mass is 10.3. The van der Waals surface area contributed by atoms with Crippen molar-refractivity contribution >= 4 is 33.6 Å². The molecule has 0 aliphatic carbocycles. The van der Waals surface area contributed by atoms with E-state index in [1.54, 1.807) is 19.1 Å². The number of hydrogen-bond donors (Lipinski definition) is 2. The standard InChI is InChI=1S/C17H19N5O5S/c1-11-10-14(27-2)19-16(18-11)20-17(24)21-28(25,26)13-7-4-3-6-12(13)22-9-5-8-15(22)23/h3-4,6-7,10H,5,8-9H2,1-2H3,(H2,18,19,20,21,24). The van der Waals surface area contributed by atoms with Gasteiger partial charge < -0.3 is 9.64 Å². The van der Waals surface area contributed by atoms with Gasteiger partial charge >= 0.3 is 6.03 Å². The van der Waals surface area contributed by atoms with E-state index in [0.717, 1.165) is 0 Å². The topological polar surface area (TPSA) is 131 Å². The zero-order chi connectivity index (χ0) is 20.3. The van der Waals surface area contributed by atoms with Crippen molar-refractivity contribution in [2.24, 2.45) is 0 Å². The van der Waals surface area contributed by atoms with Crippen molar-refractivity contribution in [3.05, 3.63) is 36.0 Å². The van der Waals surface area contributed by atoms with Crippen LogP contribution < -0.4 is 19.7 Å². The third-order valence-electron chi connectivity index (χ3n) is 4.01. The lowest BCUT2D eigenvalue weighted by Crippen LogP contribution is -2.36. The third kappa shape index (κ3) is 4.19. The minimum Gasteiger partial charge on any atom is -0.481 e. The van der Waals surface area contributed by atoms with Gasteiger partial charge in [0.2, 0.25) is 17.7 Å². The maximum Gasteiger partial charge on any atom is 0.335 e. The highest BCUT2D eigenvalue weighted by Gasteiger charge is 2.29. The van der Waals surface area contributed by atoms with Gasteiger partial charge in [-0.3, -0.25) is 10.1 Å². The van der Waals surface area contributed by atoms with Crippen molar-refractivity contribution in [1.29, 1.82) is 0 Å². The average Bonchev–Trinajstić information content (AvgIpc) is 3.06. The van der Waals surface area contributed by atoms with Gasteiger partial charge in [0, 0.05) is 24.7 Å². The molecule has 1 aromatic carbocycles. The normalized spacial score (nSPS) is 14.1. The lowest BCUT2D eigenvalue weighted by molar-refractivity contribution is -0.117. The van der Waals surface area contributed by atoms with E-state index in [1.807, 2.05) is 4.72 Å². The number of carbonyl (C=O) groups excluding carboxylic acids is 2. The number of carbonyl (C=O) groups is 2. The molecule has 148 valence electrons. The molecule has 1 saturated heterocycles. The highest BCUT2D eigenvalue weighted by atomic mass is 32.2. The number of anilines is 2. The van der Waals surface area contributed by atoms with E-state index in [0.29, 0.717) is 25.1 Å². The number of methoxy groups -OCH3 is 1. The van der Waals surface area contributed by atoms with E-state index >= 15 is 0 Å². The van der Waals surface area contributed by atoms with Gasteiger partial charge in [0.15, 0.2) is 0 Å². The number of sulfonamides is 1. The minimum atomic E-state index is -4.24. The maximum atomic E-state index is 12.7. The van der Waals surface area contributed by atoms with Crippen molar-refractivity contribution in [3.8, 4) is 5.88 Å². The van der Waals surface area contributed by atoms with Crippen LogP contribution in [0.15, 0.2) is 35.2 Å². The number of benzene rings is 1. The number of aromatic nitrogens is 2. The van der Waals surface area contributed by atoms with Gasteiger partial charge in [-0.25, -0.2) is 22.9 Å². The Bertz CT molecular complexity index is 1020. The smallest absolute Gasteiger partial charge is 0.335 e. The fourth-order valence-electron chi connectivity index (χ4n) is 2.81. The number of nitrogens with zero attached hydrogens (tertiary/aromatic N) is 3. The molecule has 1 aliphatic heterocycles. The number of ether oxygens (including phenoxy) is 1. The molecule has 2 aromatic rings. The quantitative estimate of drug-likeness (QED) is 0.769. The van der Waals surface area contributed by atoms with Gasteiger partial charge in [0.1, 0.15) is 4.90 Å². The van der Waals surface area contributed by atoms with Crippen LogP contribution in [0.5, 0.6) is 5.88 Å². The summed E-state index contributed by atoms with van der Waals surface area (Å²) in [6.07, 6.45) is 1.00. The first-order chi connectivity index (χ1) is 13.3. The number of aryl methyl sites for hydroxylation is 1. The SMILES string of the molecule is COc1cc(C)nc(NC(=O)NS(=O)(=O)c2ccccc2N2CCCC2=O)n1. The molecule has 0 spiro atoms. The predicted molar refractivity (Wildman–Crippen MR) is 101 cm³/mol. The molecule has 0 radical (unpaired) electrons. The van der Waals surface area contributed by atoms with E-state index in [1.165, 1.54) is 30.2 Å². The molecule has 0 unspecified atom stereocenters. The molecular weight excluding hydrogens is 386 g/mol. The molecule has 10 nitrogen and oxygen atoms in total. The predicted octanol–water partition coefficient (Wildman–Crippen LogP) is 1.43. The lowest BCUT2D eigenvalue weighted by Gasteiger charge is -2.19. The largest absolute Gasteiger partial charge is 0.481 e. The molecule has 28 heavy (non-hydrogen) atoms. The summed E-state index contributed by atoms with van der Waals surface area (Å²) in [7, 11) is -2.83. The fraction of sp³-hybridized carbons (Fsp3) is 0.294. The van der Waals surface area contributed by atoms with Crippen molar-refractivity contribution in [3.63, 3.8) is 0 Å². The van der Waals surface area contributed by atoms with Crippen LogP contribution in [-0.4, -0.2) is 44.0 Å². The first kappa shape index (κ1) is 19.5. The molecule has 11 heteroatoms. The minimum absolute atomic E-state index is 0.104. The fourth-order valence-corrected chi connectivity index (χ4v) is 3.93. The van der Waals surface area contributed by atoms with Crippen molar-refractivity contribution in [2.75, 3.05) is 23.9 Å². The van der Waals surface area contributed by atoms with Crippen LogP contribution in [-0.2, 0) is 14.8 Å². The third-order valence-corrected chi connectivity index (χ3v) is 5.39. The van der Waals surface area contributed by atoms with Crippen molar-refractivity contribution < 1.29 is 22.7 Å². The Labute approximate surface area is 162 Å². The summed E-state index contributed by atoms with van der Waals surface area (Å²) in [4.78, 5) is 33.4. The molecule has 1 aliphatic rings. The van der Waals surface area contributed by atoms with E-state index in [-0.39, 0.29) is 28.3 Å². The Balaban J connectivity index is 1.82. The van der Waals surface area contributed by atoms with E-state index in [9.17, 15) is 18.0 Å². The maximum absolute atomic E-state index is 12.7. The van der Waals surface area contributed by atoms with E-state index in [2.05, 4.69) is 15.3 Å². The van der Waals surface area contributed by atoms with Crippen LogP contribution in [0.4, 0.5) is 16.4 Å². The molecule has 2 N–H and O–H groups in total. The van der Waals surface area contributed by atoms with Gasteiger partial charge in [0.05, 0.1) is 12.8 Å². The highest BCUT2D eigenvalue weighted by molar-refractivity contribution is 7.90. The molecule has 0 atom stereocenters. The average molecular weight is 405 g/mol. The van der Waals surface area contributed by atoms with Gasteiger partial charge in [-0.2, -0.15) is 4.98 Å².